The summed E-state index contributed by atoms with van der Waals surface area (Å²) in [5.74, 6) is -0.144. The maximum Gasteiger partial charge on any atom is 1.00 e. The van der Waals surface area contributed by atoms with Gasteiger partial charge in [-0.15, -0.1) is 11.1 Å². The third-order valence-electron chi connectivity index (χ3n) is 2.74. The number of hydrogen-bond acceptors (Lipinski definition) is 2. The quantitative estimate of drug-likeness (QED) is 0.570. The summed E-state index contributed by atoms with van der Waals surface area (Å²) < 4.78 is 4.97. The van der Waals surface area contributed by atoms with E-state index in [2.05, 4.69) is 12.1 Å². The number of allylic oxidation sites excluding steroid dienone is 1. The van der Waals surface area contributed by atoms with Crippen LogP contribution < -0.4 is 58.2 Å². The summed E-state index contributed by atoms with van der Waals surface area (Å²) in [6, 6.07) is 9.00. The van der Waals surface area contributed by atoms with Crippen molar-refractivity contribution in [2.24, 2.45) is 0 Å². The first-order valence-corrected chi connectivity index (χ1v) is 5.65. The van der Waals surface area contributed by atoms with Crippen LogP contribution in [-0.4, -0.2) is 12.6 Å². The van der Waals surface area contributed by atoms with E-state index in [0.29, 0.717) is 13.0 Å². The first-order valence-electron chi connectivity index (χ1n) is 5.65. The van der Waals surface area contributed by atoms with E-state index in [1.54, 1.807) is 0 Å². The van der Waals surface area contributed by atoms with Crippen LogP contribution in [0.15, 0.2) is 24.3 Å². The number of ether oxygens (including phenoxy) is 1. The fraction of sp³-hybridized carbons (Fsp3) is 0.357. The minimum Gasteiger partial charge on any atom is -0.466 e. The number of hydrogen-bond donors (Lipinski definition) is 0. The largest absolute Gasteiger partial charge is 1.00 e. The predicted molar refractivity (Wildman–Crippen MR) is 62.8 cm³/mol. The average molecular weight is 301 g/mol. The Balaban J connectivity index is 0.00000144. The molecule has 3 heteroatoms. The number of benzene rings is 1. The summed E-state index contributed by atoms with van der Waals surface area (Å²) in [5.41, 5.74) is 3.55. The molecule has 0 spiro atoms. The third kappa shape index (κ3) is 4.13. The molecule has 0 unspecified atom stereocenters. The van der Waals surface area contributed by atoms with Crippen molar-refractivity contribution in [1.82, 2.24) is 0 Å². The molecule has 0 saturated carbocycles. The Bertz CT molecular complexity index is 424. The first kappa shape index (κ1) is 15.3. The van der Waals surface area contributed by atoms with Gasteiger partial charge in [-0.05, 0) is 13.3 Å². The summed E-state index contributed by atoms with van der Waals surface area (Å²) in [7, 11) is 0. The number of carbonyl (C=O) groups is 1. The molecule has 17 heavy (non-hydrogen) atoms. The molecule has 0 saturated heterocycles. The van der Waals surface area contributed by atoms with Crippen LogP contribution in [0, 0.1) is 6.07 Å². The van der Waals surface area contributed by atoms with Crippen molar-refractivity contribution in [3.05, 3.63) is 41.5 Å². The van der Waals surface area contributed by atoms with Gasteiger partial charge in [-0.2, -0.15) is 24.3 Å². The Kier molecular flexibility index (Phi) is 6.86. The van der Waals surface area contributed by atoms with Gasteiger partial charge < -0.3 is 4.74 Å². The fourth-order valence-corrected chi connectivity index (χ4v) is 2.03. The molecule has 1 aliphatic rings. The molecule has 1 aromatic rings. The van der Waals surface area contributed by atoms with Gasteiger partial charge >= 0.3 is 64.2 Å². The Labute approximate surface area is 151 Å². The number of esters is 1. The van der Waals surface area contributed by atoms with E-state index >= 15 is 0 Å². The van der Waals surface area contributed by atoms with Crippen molar-refractivity contribution in [3.8, 4) is 0 Å². The molecule has 1 aromatic carbocycles. The molecule has 0 heterocycles. The molecule has 0 amide bonds. The standard InChI is InChI=1S/C14H15O2.Rb/c1-2-16-14(15)10-12-8-5-7-11-6-3-4-9-13(11)12;/h4,6,8-9H,2,5,7,10H2,1H3;/q-1;+1. The Morgan fingerprint density at radius 1 is 1.53 bits per heavy atom. The molecule has 0 fully saturated rings. The second-order valence-corrected chi connectivity index (χ2v) is 3.83. The molecular formula is C14H15O2Rb. The van der Waals surface area contributed by atoms with Gasteiger partial charge in [0.2, 0.25) is 0 Å². The van der Waals surface area contributed by atoms with Crippen LogP contribution in [-0.2, 0) is 16.0 Å². The van der Waals surface area contributed by atoms with E-state index < -0.39 is 0 Å². The van der Waals surface area contributed by atoms with Crippen LogP contribution in [0.1, 0.15) is 30.9 Å². The average Bonchev–Trinajstić information content (AvgIpc) is 2.30. The number of carbonyl (C=O) groups excluding carboxylic acids is 1. The minimum absolute atomic E-state index is 0. The van der Waals surface area contributed by atoms with Crippen molar-refractivity contribution in [2.45, 2.75) is 26.2 Å². The maximum atomic E-state index is 11.5. The summed E-state index contributed by atoms with van der Waals surface area (Å²) >= 11 is 0. The molecule has 2 nitrogen and oxygen atoms in total. The van der Waals surface area contributed by atoms with Gasteiger partial charge in [-0.3, -0.25) is 4.79 Å². The van der Waals surface area contributed by atoms with Crippen LogP contribution in [0.4, 0.5) is 0 Å². The topological polar surface area (TPSA) is 26.3 Å². The zero-order valence-electron chi connectivity index (χ0n) is 10.5. The van der Waals surface area contributed by atoms with E-state index in [9.17, 15) is 4.79 Å². The third-order valence-corrected chi connectivity index (χ3v) is 2.74. The summed E-state index contributed by atoms with van der Waals surface area (Å²) in [5, 5.41) is 0. The van der Waals surface area contributed by atoms with Gasteiger partial charge in [-0.1, -0.05) is 18.1 Å². The molecule has 0 bridgehead atoms. The van der Waals surface area contributed by atoms with Gasteiger partial charge in [0.15, 0.2) is 0 Å². The smallest absolute Gasteiger partial charge is 0.466 e. The molecule has 0 aliphatic heterocycles. The fourth-order valence-electron chi connectivity index (χ4n) is 2.03. The van der Waals surface area contributed by atoms with Gasteiger partial charge in [0.05, 0.1) is 13.0 Å². The molecular weight excluding hydrogens is 286 g/mol. The molecule has 0 N–H and O–H groups in total. The van der Waals surface area contributed by atoms with Gasteiger partial charge in [-0.25, -0.2) is 0 Å². The van der Waals surface area contributed by atoms with Crippen molar-refractivity contribution in [1.29, 1.82) is 0 Å². The van der Waals surface area contributed by atoms with E-state index in [4.69, 9.17) is 4.74 Å². The van der Waals surface area contributed by atoms with Gasteiger partial charge in [0, 0.05) is 0 Å². The molecule has 0 radical (unpaired) electrons. The summed E-state index contributed by atoms with van der Waals surface area (Å²) in [4.78, 5) is 11.5. The van der Waals surface area contributed by atoms with E-state index in [1.165, 1.54) is 11.1 Å². The summed E-state index contributed by atoms with van der Waals surface area (Å²) in [6.45, 7) is 2.28. The van der Waals surface area contributed by atoms with Crippen LogP contribution in [0.5, 0.6) is 0 Å². The van der Waals surface area contributed by atoms with Gasteiger partial charge in [0.1, 0.15) is 0 Å². The Morgan fingerprint density at radius 2 is 2.35 bits per heavy atom. The van der Waals surface area contributed by atoms with Crippen molar-refractivity contribution < 1.29 is 67.7 Å². The van der Waals surface area contributed by atoms with Gasteiger partial charge in [0.25, 0.3) is 0 Å². The van der Waals surface area contributed by atoms with Crippen LogP contribution in [0.3, 0.4) is 0 Å². The normalized spacial score (nSPS) is 13.1. The van der Waals surface area contributed by atoms with Crippen LogP contribution >= 0.6 is 0 Å². The zero-order valence-corrected chi connectivity index (χ0v) is 15.4. The molecule has 0 aromatic heterocycles. The Morgan fingerprint density at radius 3 is 3.12 bits per heavy atom. The molecule has 1 aliphatic carbocycles. The first-order chi connectivity index (χ1) is 7.81. The van der Waals surface area contributed by atoms with Crippen molar-refractivity contribution in [2.75, 3.05) is 6.61 Å². The zero-order chi connectivity index (χ0) is 11.4. The van der Waals surface area contributed by atoms with Crippen molar-refractivity contribution in [3.63, 3.8) is 0 Å². The number of rotatable bonds is 3. The van der Waals surface area contributed by atoms with Crippen LogP contribution in [0.2, 0.25) is 0 Å². The van der Waals surface area contributed by atoms with E-state index in [-0.39, 0.29) is 64.2 Å². The molecule has 0 atom stereocenters. The second kappa shape index (κ2) is 7.62. The minimum atomic E-state index is -0.144. The molecule has 84 valence electrons. The number of aryl methyl sites for hydroxylation is 1. The summed E-state index contributed by atoms with van der Waals surface area (Å²) in [6.07, 6.45) is 4.56. The Hall–Kier alpha value is 0.235. The second-order valence-electron chi connectivity index (χ2n) is 3.83. The predicted octanol–water partition coefficient (Wildman–Crippen LogP) is -0.226. The molecule has 2 rings (SSSR count). The van der Waals surface area contributed by atoms with E-state index in [1.807, 2.05) is 25.1 Å². The van der Waals surface area contributed by atoms with Crippen molar-refractivity contribution >= 4 is 11.5 Å². The SMILES string of the molecule is CCOC(=O)CC1=CCCc2c[c-]ccc21.[Rb+]. The monoisotopic (exact) mass is 300 g/mol. The number of fused-ring (bicyclic) bond motifs is 1. The maximum absolute atomic E-state index is 11.5. The van der Waals surface area contributed by atoms with Crippen LogP contribution in [0.25, 0.3) is 5.57 Å². The van der Waals surface area contributed by atoms with E-state index in [0.717, 1.165) is 18.4 Å².